The predicted molar refractivity (Wildman–Crippen MR) is 90.5 cm³/mol. The molecule has 1 heterocycles. The summed E-state index contributed by atoms with van der Waals surface area (Å²) in [6.45, 7) is 0. The van der Waals surface area contributed by atoms with Gasteiger partial charge >= 0.3 is 0 Å². The zero-order valence-electron chi connectivity index (χ0n) is 12.6. The van der Waals surface area contributed by atoms with E-state index in [9.17, 15) is 22.0 Å². The van der Waals surface area contributed by atoms with E-state index in [4.69, 9.17) is 0 Å². The van der Waals surface area contributed by atoms with Gasteiger partial charge in [0.2, 0.25) is 9.84 Å². The van der Waals surface area contributed by atoms with Gasteiger partial charge in [-0.1, -0.05) is 18.2 Å². The minimum Gasteiger partial charge on any atom is -0.321 e. The molecule has 1 aromatic heterocycles. The molecule has 1 N–H and O–H groups in total. The predicted octanol–water partition coefficient (Wildman–Crippen LogP) is 4.11. The molecule has 0 atom stereocenters. The molecule has 0 spiro atoms. The Hall–Kier alpha value is -2.58. The van der Waals surface area contributed by atoms with Crippen molar-refractivity contribution in [3.63, 3.8) is 0 Å². The van der Waals surface area contributed by atoms with Gasteiger partial charge in [-0.05, 0) is 36.4 Å². The highest BCUT2D eigenvalue weighted by Gasteiger charge is 2.21. The zero-order valence-corrected chi connectivity index (χ0v) is 14.2. The molecule has 0 aliphatic heterocycles. The number of thiophene rings is 1. The van der Waals surface area contributed by atoms with Crippen molar-refractivity contribution in [1.82, 2.24) is 0 Å². The molecule has 0 aliphatic carbocycles. The average molecular weight is 379 g/mol. The molecule has 2 aromatic carbocycles. The molecule has 1 amide bonds. The van der Waals surface area contributed by atoms with Crippen molar-refractivity contribution in [2.45, 2.75) is 9.10 Å². The van der Waals surface area contributed by atoms with E-state index < -0.39 is 27.4 Å². The third-order valence-electron chi connectivity index (χ3n) is 3.30. The molecule has 128 valence electrons. The van der Waals surface area contributed by atoms with Gasteiger partial charge in [-0.3, -0.25) is 4.79 Å². The lowest BCUT2D eigenvalue weighted by atomic mass is 10.3. The van der Waals surface area contributed by atoms with Gasteiger partial charge in [-0.2, -0.15) is 0 Å². The maximum absolute atomic E-state index is 13.2. The Labute approximate surface area is 146 Å². The van der Waals surface area contributed by atoms with Crippen LogP contribution in [0, 0.1) is 11.6 Å². The van der Waals surface area contributed by atoms with E-state index in [1.54, 1.807) is 18.2 Å². The van der Waals surface area contributed by atoms with Crippen LogP contribution >= 0.6 is 11.3 Å². The summed E-state index contributed by atoms with van der Waals surface area (Å²) < 4.78 is 51.1. The van der Waals surface area contributed by atoms with Gasteiger partial charge in [-0.25, -0.2) is 17.2 Å². The summed E-state index contributed by atoms with van der Waals surface area (Å²) in [5.41, 5.74) is 0.0739. The van der Waals surface area contributed by atoms with E-state index in [0.29, 0.717) is 0 Å². The van der Waals surface area contributed by atoms with Crippen LogP contribution in [-0.4, -0.2) is 14.3 Å². The number of nitrogens with one attached hydrogen (secondary N) is 1. The monoisotopic (exact) mass is 379 g/mol. The van der Waals surface area contributed by atoms with Gasteiger partial charge in [-0.15, -0.1) is 11.3 Å². The van der Waals surface area contributed by atoms with Crippen molar-refractivity contribution < 1.29 is 22.0 Å². The zero-order chi connectivity index (χ0) is 18.0. The highest BCUT2D eigenvalue weighted by atomic mass is 32.2. The first-order valence-electron chi connectivity index (χ1n) is 7.04. The van der Waals surface area contributed by atoms with Gasteiger partial charge in [0.25, 0.3) is 5.91 Å². The summed E-state index contributed by atoms with van der Waals surface area (Å²) in [5, 5.41) is 2.40. The smallest absolute Gasteiger partial charge is 0.265 e. The second-order valence-electron chi connectivity index (χ2n) is 5.02. The fraction of sp³-hybridized carbons (Fsp3) is 0. The van der Waals surface area contributed by atoms with Crippen LogP contribution in [0.1, 0.15) is 9.67 Å². The van der Waals surface area contributed by atoms with E-state index in [-0.39, 0.29) is 19.7 Å². The Kier molecular flexibility index (Phi) is 4.65. The third-order valence-corrected chi connectivity index (χ3v) is 6.65. The number of carbonyl (C=O) groups excluding carboxylic acids is 1. The molecule has 0 saturated heterocycles. The van der Waals surface area contributed by atoms with E-state index in [1.807, 2.05) is 0 Å². The molecule has 0 unspecified atom stereocenters. The van der Waals surface area contributed by atoms with Crippen LogP contribution < -0.4 is 5.32 Å². The summed E-state index contributed by atoms with van der Waals surface area (Å²) >= 11 is 0.802. The maximum atomic E-state index is 13.2. The summed E-state index contributed by atoms with van der Waals surface area (Å²) in [5.74, 6) is -2.72. The van der Waals surface area contributed by atoms with Gasteiger partial charge in [0.05, 0.1) is 9.77 Å². The second kappa shape index (κ2) is 6.73. The van der Waals surface area contributed by atoms with Crippen LogP contribution in [-0.2, 0) is 9.84 Å². The number of sulfone groups is 1. The second-order valence-corrected chi connectivity index (χ2v) is 8.28. The first-order valence-corrected chi connectivity index (χ1v) is 9.34. The number of benzene rings is 2. The van der Waals surface area contributed by atoms with Crippen LogP contribution in [0.25, 0.3) is 0 Å². The number of anilines is 1. The first kappa shape index (κ1) is 17.2. The van der Waals surface area contributed by atoms with E-state index in [0.717, 1.165) is 23.5 Å². The number of hydrogen-bond donors (Lipinski definition) is 1. The highest BCUT2D eigenvalue weighted by molar-refractivity contribution is 7.93. The molecule has 0 aliphatic rings. The molecule has 3 aromatic rings. The van der Waals surface area contributed by atoms with E-state index in [2.05, 4.69) is 5.32 Å². The Balaban J connectivity index is 1.83. The van der Waals surface area contributed by atoms with Crippen molar-refractivity contribution in [3.8, 4) is 0 Å². The number of amides is 1. The fourth-order valence-electron chi connectivity index (χ4n) is 2.07. The number of carbonyl (C=O) groups is 1. The molecular formula is C17H11F2NO3S2. The van der Waals surface area contributed by atoms with Crippen molar-refractivity contribution in [2.24, 2.45) is 0 Å². The molecule has 4 nitrogen and oxygen atoms in total. The lowest BCUT2D eigenvalue weighted by Gasteiger charge is -2.04. The first-order chi connectivity index (χ1) is 11.9. The number of rotatable bonds is 4. The van der Waals surface area contributed by atoms with Crippen molar-refractivity contribution in [3.05, 3.63) is 77.2 Å². The topological polar surface area (TPSA) is 63.2 Å². The highest BCUT2D eigenvalue weighted by Crippen LogP contribution is 2.28. The maximum Gasteiger partial charge on any atom is 0.265 e. The minimum absolute atomic E-state index is 0.0223. The van der Waals surface area contributed by atoms with Crippen LogP contribution in [0.4, 0.5) is 14.5 Å². The molecule has 8 heteroatoms. The summed E-state index contributed by atoms with van der Waals surface area (Å²) in [6, 6.07) is 13.5. The van der Waals surface area contributed by atoms with Crippen molar-refractivity contribution >= 4 is 32.8 Å². The number of halogens is 2. The summed E-state index contributed by atoms with van der Waals surface area (Å²) in [4.78, 5) is 12.4. The molecule has 0 saturated carbocycles. The minimum atomic E-state index is -3.71. The van der Waals surface area contributed by atoms with Crippen molar-refractivity contribution in [1.29, 1.82) is 0 Å². The fourth-order valence-corrected chi connectivity index (χ4v) is 4.69. The summed E-state index contributed by atoms with van der Waals surface area (Å²) in [7, 11) is -3.71. The molecule has 3 rings (SSSR count). The number of hydrogen-bond acceptors (Lipinski definition) is 4. The third kappa shape index (κ3) is 3.59. The van der Waals surface area contributed by atoms with E-state index >= 15 is 0 Å². The van der Waals surface area contributed by atoms with Crippen LogP contribution in [0.15, 0.2) is 69.8 Å². The van der Waals surface area contributed by atoms with Gasteiger partial charge in [0.15, 0.2) is 11.6 Å². The Bertz CT molecular complexity index is 1030. The largest absolute Gasteiger partial charge is 0.321 e. The Morgan fingerprint density at radius 2 is 1.64 bits per heavy atom. The normalized spacial score (nSPS) is 11.3. The quantitative estimate of drug-likeness (QED) is 0.742. The molecule has 25 heavy (non-hydrogen) atoms. The molecular weight excluding hydrogens is 368 g/mol. The van der Waals surface area contributed by atoms with Crippen LogP contribution in [0.3, 0.4) is 0 Å². The summed E-state index contributed by atoms with van der Waals surface area (Å²) in [6.07, 6.45) is 0. The molecule has 0 fully saturated rings. The molecule has 0 radical (unpaired) electrons. The Morgan fingerprint density at radius 1 is 0.920 bits per heavy atom. The standard InChI is InChI=1S/C17H11F2NO3S2/c18-13-7-6-11(10-14(13)19)20-17(21)15-8-9-16(24-15)25(22,23)12-4-2-1-3-5-12/h1-10H,(H,20,21). The van der Waals surface area contributed by atoms with Gasteiger partial charge in [0.1, 0.15) is 4.21 Å². The Morgan fingerprint density at radius 3 is 2.32 bits per heavy atom. The van der Waals surface area contributed by atoms with Crippen LogP contribution in [0.5, 0.6) is 0 Å². The van der Waals surface area contributed by atoms with Gasteiger partial charge < -0.3 is 5.32 Å². The SMILES string of the molecule is O=C(Nc1ccc(F)c(F)c1)c1ccc(S(=O)(=O)c2ccccc2)s1. The van der Waals surface area contributed by atoms with Crippen LogP contribution in [0.2, 0.25) is 0 Å². The lowest BCUT2D eigenvalue weighted by molar-refractivity contribution is 0.103. The molecule has 0 bridgehead atoms. The van der Waals surface area contributed by atoms with Crippen molar-refractivity contribution in [2.75, 3.05) is 5.32 Å². The van der Waals surface area contributed by atoms with E-state index in [1.165, 1.54) is 30.3 Å². The average Bonchev–Trinajstić information content (AvgIpc) is 3.10. The lowest BCUT2D eigenvalue weighted by Crippen LogP contribution is -2.10. The van der Waals surface area contributed by atoms with Gasteiger partial charge in [0, 0.05) is 11.8 Å².